The van der Waals surface area contributed by atoms with Crippen LogP contribution in [0.1, 0.15) is 70.2 Å². The summed E-state index contributed by atoms with van der Waals surface area (Å²) in [6.45, 7) is 11.7. The molecular formula is C30H54Cl2N4O5. The minimum atomic E-state index is -0.873. The van der Waals surface area contributed by atoms with Crippen molar-refractivity contribution in [1.29, 1.82) is 0 Å². The molecule has 1 aromatic carbocycles. The maximum atomic E-state index is 13.0. The molecule has 0 aliphatic carbocycles. The number of carbonyl (C=O) groups excluding carboxylic acids is 2. The summed E-state index contributed by atoms with van der Waals surface area (Å²) in [5.74, 6) is 0.919. The smallest absolute Gasteiger partial charge is 0.255 e. The summed E-state index contributed by atoms with van der Waals surface area (Å²) in [6, 6.07) is 6.70. The van der Waals surface area contributed by atoms with Gasteiger partial charge >= 0.3 is 0 Å². The summed E-state index contributed by atoms with van der Waals surface area (Å²) in [6.07, 6.45) is 3.32. The first kappa shape index (κ1) is 39.4. The maximum Gasteiger partial charge on any atom is 0.255 e. The molecule has 0 aromatic heterocycles. The lowest BCUT2D eigenvalue weighted by molar-refractivity contribution is -0.133. The lowest BCUT2D eigenvalue weighted by Crippen LogP contribution is -2.50. The fourth-order valence-corrected chi connectivity index (χ4v) is 5.03. The largest absolute Gasteiger partial charge is 0.493 e. The standard InChI is InChI=1S/C30H52N4O5.2ClH/c1-21(2)22(19-33-28(36)24-10-6-7-11-27(24)39-17-9-8-16-38-5)18-25(31)26(35)20-34-29(37)30(3,4)23-12-14-32-15-13-23;;/h6-7,10-11,21-23,25-26,32,35H,8-9,12-20,31H2,1-5H3,(H,33,36)(H,34,37);2*1H. The van der Waals surface area contributed by atoms with Gasteiger partial charge in [-0.3, -0.25) is 9.59 Å². The van der Waals surface area contributed by atoms with E-state index in [-0.39, 0.29) is 55.0 Å². The van der Waals surface area contributed by atoms with Crippen molar-refractivity contribution >= 4 is 36.6 Å². The normalized spacial score (nSPS) is 16.1. The van der Waals surface area contributed by atoms with E-state index in [4.69, 9.17) is 15.2 Å². The average molecular weight is 622 g/mol. The van der Waals surface area contributed by atoms with Crippen LogP contribution in [0.25, 0.3) is 0 Å². The Morgan fingerprint density at radius 1 is 1.07 bits per heavy atom. The van der Waals surface area contributed by atoms with Crippen LogP contribution in [-0.2, 0) is 9.53 Å². The van der Waals surface area contributed by atoms with Gasteiger partial charge in [-0.25, -0.2) is 0 Å². The van der Waals surface area contributed by atoms with Crippen molar-refractivity contribution in [3.05, 3.63) is 29.8 Å². The topological polar surface area (TPSA) is 135 Å². The highest BCUT2D eigenvalue weighted by molar-refractivity contribution is 5.96. The van der Waals surface area contributed by atoms with E-state index in [1.807, 2.05) is 26.0 Å². The highest BCUT2D eigenvalue weighted by atomic mass is 35.5. The number of halogens is 2. The van der Waals surface area contributed by atoms with Gasteiger partial charge in [0.2, 0.25) is 5.91 Å². The Labute approximate surface area is 259 Å². The van der Waals surface area contributed by atoms with Crippen LogP contribution in [0.5, 0.6) is 5.75 Å². The van der Waals surface area contributed by atoms with E-state index in [1.165, 1.54) is 0 Å². The molecule has 3 unspecified atom stereocenters. The minimum Gasteiger partial charge on any atom is -0.493 e. The van der Waals surface area contributed by atoms with Crippen molar-refractivity contribution in [2.75, 3.05) is 46.5 Å². The summed E-state index contributed by atoms with van der Waals surface area (Å²) in [4.78, 5) is 25.9. The number of methoxy groups -OCH3 is 1. The van der Waals surface area contributed by atoms with Crippen LogP contribution < -0.4 is 26.4 Å². The van der Waals surface area contributed by atoms with E-state index in [2.05, 4.69) is 29.8 Å². The SMILES string of the molecule is COCCCCOc1ccccc1C(=O)NCC(CC(N)C(O)CNC(=O)C(C)(C)C1CCNCC1)C(C)C.Cl.Cl. The van der Waals surface area contributed by atoms with Gasteiger partial charge in [-0.05, 0) is 75.1 Å². The molecular weight excluding hydrogens is 567 g/mol. The second kappa shape index (κ2) is 20.3. The molecule has 238 valence electrons. The molecule has 0 bridgehead atoms. The molecule has 1 saturated heterocycles. The van der Waals surface area contributed by atoms with Gasteiger partial charge in [0.05, 0.1) is 18.3 Å². The Bertz CT molecular complexity index is 884. The lowest BCUT2D eigenvalue weighted by Gasteiger charge is -2.36. The van der Waals surface area contributed by atoms with Gasteiger partial charge < -0.3 is 36.3 Å². The van der Waals surface area contributed by atoms with E-state index in [0.717, 1.165) is 38.8 Å². The van der Waals surface area contributed by atoms with Crippen LogP contribution in [-0.4, -0.2) is 75.6 Å². The Morgan fingerprint density at radius 3 is 2.34 bits per heavy atom. The van der Waals surface area contributed by atoms with Gasteiger partial charge in [0, 0.05) is 38.3 Å². The number of benzene rings is 1. The number of ether oxygens (including phenoxy) is 2. The fraction of sp³-hybridized carbons (Fsp3) is 0.733. The molecule has 2 rings (SSSR count). The molecule has 11 heteroatoms. The van der Waals surface area contributed by atoms with Crippen LogP contribution in [0.4, 0.5) is 0 Å². The summed E-state index contributed by atoms with van der Waals surface area (Å²) in [5.41, 5.74) is 6.37. The molecule has 0 radical (unpaired) electrons. The first-order valence-electron chi connectivity index (χ1n) is 14.5. The third kappa shape index (κ3) is 13.1. The number of aliphatic hydroxyl groups is 1. The highest BCUT2D eigenvalue weighted by Gasteiger charge is 2.37. The molecule has 0 saturated carbocycles. The van der Waals surface area contributed by atoms with Crippen molar-refractivity contribution in [1.82, 2.24) is 16.0 Å². The van der Waals surface area contributed by atoms with E-state index >= 15 is 0 Å². The second-order valence-corrected chi connectivity index (χ2v) is 11.7. The van der Waals surface area contributed by atoms with Gasteiger partial charge in [0.25, 0.3) is 5.91 Å². The van der Waals surface area contributed by atoms with Gasteiger partial charge in [0.15, 0.2) is 0 Å². The van der Waals surface area contributed by atoms with Gasteiger partial charge in [0.1, 0.15) is 5.75 Å². The van der Waals surface area contributed by atoms with E-state index in [9.17, 15) is 14.7 Å². The predicted molar refractivity (Wildman–Crippen MR) is 169 cm³/mol. The number of unbranched alkanes of at least 4 members (excludes halogenated alkanes) is 1. The predicted octanol–water partition coefficient (Wildman–Crippen LogP) is 3.56. The fourth-order valence-electron chi connectivity index (χ4n) is 5.03. The van der Waals surface area contributed by atoms with Crippen LogP contribution in [0.2, 0.25) is 0 Å². The van der Waals surface area contributed by atoms with E-state index in [1.54, 1.807) is 19.2 Å². The first-order valence-corrected chi connectivity index (χ1v) is 14.5. The van der Waals surface area contributed by atoms with Crippen molar-refractivity contribution in [2.24, 2.45) is 28.9 Å². The number of para-hydroxylation sites is 1. The van der Waals surface area contributed by atoms with Gasteiger partial charge in [-0.1, -0.05) is 39.8 Å². The molecule has 1 aromatic rings. The van der Waals surface area contributed by atoms with Crippen molar-refractivity contribution in [3.63, 3.8) is 0 Å². The number of carbonyl (C=O) groups is 2. The number of rotatable bonds is 17. The second-order valence-electron chi connectivity index (χ2n) is 11.7. The molecule has 6 N–H and O–H groups in total. The van der Waals surface area contributed by atoms with E-state index < -0.39 is 17.6 Å². The zero-order valence-corrected chi connectivity index (χ0v) is 27.1. The minimum absolute atomic E-state index is 0. The monoisotopic (exact) mass is 620 g/mol. The Balaban J connectivity index is 0.00000800. The number of piperidine rings is 1. The van der Waals surface area contributed by atoms with Gasteiger partial charge in [-0.2, -0.15) is 0 Å². The number of hydrogen-bond acceptors (Lipinski definition) is 7. The number of nitrogens with one attached hydrogen (secondary N) is 3. The van der Waals surface area contributed by atoms with Crippen LogP contribution >= 0.6 is 24.8 Å². The molecule has 41 heavy (non-hydrogen) atoms. The van der Waals surface area contributed by atoms with Crippen LogP contribution in [0, 0.1) is 23.2 Å². The van der Waals surface area contributed by atoms with E-state index in [0.29, 0.717) is 43.4 Å². The zero-order chi connectivity index (χ0) is 28.8. The number of aliphatic hydroxyl groups excluding tert-OH is 1. The van der Waals surface area contributed by atoms with Crippen molar-refractivity contribution in [2.45, 2.75) is 71.9 Å². The summed E-state index contributed by atoms with van der Waals surface area (Å²) >= 11 is 0. The first-order chi connectivity index (χ1) is 18.6. The van der Waals surface area contributed by atoms with Crippen LogP contribution in [0.15, 0.2) is 24.3 Å². The quantitative estimate of drug-likeness (QED) is 0.168. The summed E-state index contributed by atoms with van der Waals surface area (Å²) < 4.78 is 10.9. The number of hydrogen-bond donors (Lipinski definition) is 5. The molecule has 9 nitrogen and oxygen atoms in total. The van der Waals surface area contributed by atoms with Crippen molar-refractivity contribution < 1.29 is 24.2 Å². The summed E-state index contributed by atoms with van der Waals surface area (Å²) in [5, 5.41) is 20.0. The number of nitrogens with two attached hydrogens (primary N) is 1. The molecule has 3 atom stereocenters. The maximum absolute atomic E-state index is 13.0. The molecule has 0 spiro atoms. The molecule has 1 aliphatic heterocycles. The van der Waals surface area contributed by atoms with Gasteiger partial charge in [-0.15, -0.1) is 24.8 Å². The molecule has 1 fully saturated rings. The Hall–Kier alpha value is -1.62. The zero-order valence-electron chi connectivity index (χ0n) is 25.4. The average Bonchev–Trinajstić information content (AvgIpc) is 2.93. The highest BCUT2D eigenvalue weighted by Crippen LogP contribution is 2.33. The Morgan fingerprint density at radius 2 is 1.71 bits per heavy atom. The third-order valence-corrected chi connectivity index (χ3v) is 8.09. The number of amides is 2. The van der Waals surface area contributed by atoms with Crippen LogP contribution in [0.3, 0.4) is 0 Å². The van der Waals surface area contributed by atoms with Crippen molar-refractivity contribution in [3.8, 4) is 5.75 Å². The molecule has 1 heterocycles. The lowest BCUT2D eigenvalue weighted by atomic mass is 9.73. The molecule has 1 aliphatic rings. The molecule has 2 amide bonds. The Kier molecular flexibility index (Phi) is 19.5. The summed E-state index contributed by atoms with van der Waals surface area (Å²) in [7, 11) is 1.67. The third-order valence-electron chi connectivity index (χ3n) is 8.09.